The highest BCUT2D eigenvalue weighted by Gasteiger charge is 2.56. The predicted molar refractivity (Wildman–Crippen MR) is 123 cm³/mol. The van der Waals surface area contributed by atoms with Crippen molar-refractivity contribution in [2.45, 2.75) is 102 Å². The van der Waals surface area contributed by atoms with Crippen LogP contribution in [-0.2, 0) is 9.59 Å². The largest absolute Gasteiger partial charge is 0.350 e. The molecule has 0 aromatic rings. The van der Waals surface area contributed by atoms with Crippen LogP contribution in [0.25, 0.3) is 0 Å². The molecule has 9 aliphatic carbocycles. The van der Waals surface area contributed by atoms with Crippen LogP contribution >= 0.6 is 0 Å². The van der Waals surface area contributed by atoms with E-state index < -0.39 is 0 Å². The van der Waals surface area contributed by atoms with Crippen molar-refractivity contribution in [2.75, 3.05) is 0 Å². The van der Waals surface area contributed by atoms with E-state index in [1.807, 2.05) is 0 Å². The molecule has 9 aliphatic rings. The van der Waals surface area contributed by atoms with Gasteiger partial charge < -0.3 is 10.6 Å². The zero-order valence-corrected chi connectivity index (χ0v) is 19.5. The smallest absolute Gasteiger partial charge is 0.226 e. The molecule has 4 heteroatoms. The lowest BCUT2D eigenvalue weighted by atomic mass is 9.49. The van der Waals surface area contributed by atoms with E-state index in [0.717, 1.165) is 86.9 Å². The highest BCUT2D eigenvalue weighted by Crippen LogP contribution is 2.61. The number of nitrogens with one attached hydrogen (secondary N) is 2. The molecule has 2 unspecified atom stereocenters. The molecule has 8 bridgehead atoms. The summed E-state index contributed by atoms with van der Waals surface area (Å²) in [7, 11) is 0. The fourth-order valence-electron chi connectivity index (χ4n) is 10.5. The van der Waals surface area contributed by atoms with Crippen molar-refractivity contribution in [1.29, 1.82) is 0 Å². The van der Waals surface area contributed by atoms with E-state index in [4.69, 9.17) is 0 Å². The normalized spacial score (nSPS) is 52.2. The summed E-state index contributed by atoms with van der Waals surface area (Å²) in [6, 6.07) is 0.0143. The first-order valence-corrected chi connectivity index (χ1v) is 13.8. The molecule has 174 valence electrons. The van der Waals surface area contributed by atoms with Crippen LogP contribution in [0, 0.1) is 46.3 Å². The van der Waals surface area contributed by atoms with Crippen LogP contribution in [0.3, 0.4) is 0 Å². The van der Waals surface area contributed by atoms with Gasteiger partial charge in [-0.05, 0) is 125 Å². The molecule has 0 aromatic carbocycles. The van der Waals surface area contributed by atoms with Crippen LogP contribution < -0.4 is 10.6 Å². The molecule has 8 fully saturated rings. The van der Waals surface area contributed by atoms with Gasteiger partial charge in [-0.3, -0.25) is 9.59 Å². The number of hydrogen-bond donors (Lipinski definition) is 2. The molecule has 2 amide bonds. The number of rotatable bonds is 4. The summed E-state index contributed by atoms with van der Waals surface area (Å²) in [4.78, 5) is 27.3. The molecule has 32 heavy (non-hydrogen) atoms. The van der Waals surface area contributed by atoms with Gasteiger partial charge in [0, 0.05) is 10.8 Å². The second-order valence-electron chi connectivity index (χ2n) is 13.5. The van der Waals surface area contributed by atoms with E-state index in [2.05, 4.69) is 22.8 Å². The van der Waals surface area contributed by atoms with E-state index in [9.17, 15) is 9.59 Å². The Labute approximate surface area is 192 Å². The van der Waals surface area contributed by atoms with Crippen LogP contribution in [-0.4, -0.2) is 23.9 Å². The Kier molecular flexibility index (Phi) is 4.45. The summed E-state index contributed by atoms with van der Waals surface area (Å²) < 4.78 is 0. The van der Waals surface area contributed by atoms with E-state index >= 15 is 0 Å². The molecule has 0 spiro atoms. The summed E-state index contributed by atoms with van der Waals surface area (Å²) in [6.07, 6.45) is 21.1. The molecule has 2 N–H and O–H groups in total. The Morgan fingerprint density at radius 3 is 1.47 bits per heavy atom. The van der Waals surface area contributed by atoms with Gasteiger partial charge in [0.1, 0.15) is 0 Å². The number of allylic oxidation sites excluding steroid dienone is 1. The summed E-state index contributed by atoms with van der Waals surface area (Å²) in [5.41, 5.74) is -0.223. The number of amides is 2. The first kappa shape index (κ1) is 20.1. The highest BCUT2D eigenvalue weighted by atomic mass is 16.2. The standard InChI is InChI=1S/C28H40N2O2/c31-25(27-11-17-5-18(12-27)7-19(6-17)13-27)29-23-3-1-2-4-24(23)30-26(32)28-14-20-8-21(15-28)10-22(9-20)16-28/h1,3,17-24H,2,4-16H2,(H,29,31)(H,30,32). The molecule has 0 saturated heterocycles. The minimum Gasteiger partial charge on any atom is -0.350 e. The Hall–Kier alpha value is -1.32. The zero-order chi connectivity index (χ0) is 21.5. The van der Waals surface area contributed by atoms with Gasteiger partial charge in [0.2, 0.25) is 11.8 Å². The Morgan fingerprint density at radius 1 is 0.625 bits per heavy atom. The van der Waals surface area contributed by atoms with Crippen LogP contribution in [0.2, 0.25) is 0 Å². The minimum absolute atomic E-state index is 0.0397. The fraction of sp³-hybridized carbons (Fsp3) is 0.857. The molecular weight excluding hydrogens is 396 g/mol. The van der Waals surface area contributed by atoms with Gasteiger partial charge >= 0.3 is 0 Å². The maximum absolute atomic E-state index is 13.7. The van der Waals surface area contributed by atoms with Gasteiger partial charge in [-0.1, -0.05) is 12.2 Å². The van der Waals surface area contributed by atoms with Crippen molar-refractivity contribution in [2.24, 2.45) is 46.3 Å². The van der Waals surface area contributed by atoms with Crippen molar-refractivity contribution in [3.63, 3.8) is 0 Å². The first-order chi connectivity index (χ1) is 15.5. The van der Waals surface area contributed by atoms with Crippen molar-refractivity contribution in [1.82, 2.24) is 10.6 Å². The Balaban J connectivity index is 1.06. The second-order valence-corrected chi connectivity index (χ2v) is 13.5. The predicted octanol–water partition coefficient (Wildman–Crippen LogP) is 4.74. The molecule has 8 saturated carbocycles. The highest BCUT2D eigenvalue weighted by molar-refractivity contribution is 5.85. The topological polar surface area (TPSA) is 58.2 Å². The lowest BCUT2D eigenvalue weighted by Crippen LogP contribution is -2.61. The SMILES string of the molecule is O=C(NC1C=CCCC1NC(=O)C12CC3CC(CC(C3)C1)C2)C12CC3CC(CC(C3)C1)C2. The van der Waals surface area contributed by atoms with Crippen molar-refractivity contribution >= 4 is 11.8 Å². The van der Waals surface area contributed by atoms with E-state index in [0.29, 0.717) is 11.8 Å². The monoisotopic (exact) mass is 436 g/mol. The zero-order valence-electron chi connectivity index (χ0n) is 19.5. The maximum atomic E-state index is 13.7. The van der Waals surface area contributed by atoms with Gasteiger partial charge in [-0.2, -0.15) is 0 Å². The van der Waals surface area contributed by atoms with Crippen LogP contribution in [0.4, 0.5) is 0 Å². The Morgan fingerprint density at radius 2 is 1.03 bits per heavy atom. The van der Waals surface area contributed by atoms with Crippen molar-refractivity contribution in [3.8, 4) is 0 Å². The molecule has 0 heterocycles. The fourth-order valence-corrected chi connectivity index (χ4v) is 10.5. The summed E-state index contributed by atoms with van der Waals surface area (Å²) in [6.45, 7) is 0. The van der Waals surface area contributed by atoms with Gasteiger partial charge in [-0.15, -0.1) is 0 Å². The molecular formula is C28H40N2O2. The second kappa shape index (κ2) is 7.09. The number of carbonyl (C=O) groups is 2. The molecule has 9 rings (SSSR count). The Bertz CT molecular complexity index is 774. The van der Waals surface area contributed by atoms with Gasteiger partial charge in [0.15, 0.2) is 0 Å². The molecule has 0 aromatic heterocycles. The molecule has 0 aliphatic heterocycles. The number of carbonyl (C=O) groups excluding carboxylic acids is 2. The maximum Gasteiger partial charge on any atom is 0.226 e. The van der Waals surface area contributed by atoms with Crippen molar-refractivity contribution < 1.29 is 9.59 Å². The summed E-state index contributed by atoms with van der Waals surface area (Å²) >= 11 is 0. The van der Waals surface area contributed by atoms with Gasteiger partial charge in [0.05, 0.1) is 12.1 Å². The molecule has 4 nitrogen and oxygen atoms in total. The van der Waals surface area contributed by atoms with Crippen LogP contribution in [0.1, 0.15) is 89.9 Å². The van der Waals surface area contributed by atoms with E-state index in [1.54, 1.807) is 0 Å². The van der Waals surface area contributed by atoms with E-state index in [-0.39, 0.29) is 22.9 Å². The average Bonchev–Trinajstić information content (AvgIpc) is 2.73. The van der Waals surface area contributed by atoms with Crippen molar-refractivity contribution in [3.05, 3.63) is 12.2 Å². The average molecular weight is 437 g/mol. The number of hydrogen-bond acceptors (Lipinski definition) is 2. The lowest BCUT2D eigenvalue weighted by Gasteiger charge is -2.56. The third-order valence-electron chi connectivity index (χ3n) is 11.1. The van der Waals surface area contributed by atoms with Crippen LogP contribution in [0.5, 0.6) is 0 Å². The first-order valence-electron chi connectivity index (χ1n) is 13.8. The summed E-state index contributed by atoms with van der Waals surface area (Å²) in [5, 5.41) is 6.96. The quantitative estimate of drug-likeness (QED) is 0.626. The van der Waals surface area contributed by atoms with Crippen LogP contribution in [0.15, 0.2) is 12.2 Å². The minimum atomic E-state index is -0.117. The third kappa shape index (κ3) is 3.14. The third-order valence-corrected chi connectivity index (χ3v) is 11.1. The van der Waals surface area contributed by atoms with Gasteiger partial charge in [-0.25, -0.2) is 0 Å². The lowest BCUT2D eigenvalue weighted by molar-refractivity contribution is -0.149. The summed E-state index contributed by atoms with van der Waals surface area (Å²) in [5.74, 6) is 5.29. The molecule has 2 atom stereocenters. The molecule has 0 radical (unpaired) electrons. The van der Waals surface area contributed by atoms with E-state index in [1.165, 1.54) is 38.5 Å². The van der Waals surface area contributed by atoms with Gasteiger partial charge in [0.25, 0.3) is 0 Å².